The summed E-state index contributed by atoms with van der Waals surface area (Å²) in [5.41, 5.74) is 0.670. The van der Waals surface area contributed by atoms with Gasteiger partial charge in [-0.2, -0.15) is 5.21 Å². The van der Waals surface area contributed by atoms with Crippen LogP contribution in [0.3, 0.4) is 0 Å². The van der Waals surface area contributed by atoms with Crippen molar-refractivity contribution in [3.8, 4) is 0 Å². The number of likely N-dealkylation sites (tertiary alicyclic amines) is 1. The summed E-state index contributed by atoms with van der Waals surface area (Å²) in [6.07, 6.45) is 6.42. The minimum Gasteiger partial charge on any atom is -0.481 e. The first-order valence-electron chi connectivity index (χ1n) is 7.72. The van der Waals surface area contributed by atoms with Crippen molar-refractivity contribution in [3.63, 3.8) is 0 Å². The molecule has 1 unspecified atom stereocenters. The molecule has 2 fully saturated rings. The second-order valence-electron chi connectivity index (χ2n) is 6.33. The van der Waals surface area contributed by atoms with Crippen LogP contribution in [0.2, 0.25) is 0 Å². The van der Waals surface area contributed by atoms with E-state index in [9.17, 15) is 4.79 Å². The summed E-state index contributed by atoms with van der Waals surface area (Å²) in [5.74, 6) is -0.0691. The van der Waals surface area contributed by atoms with Crippen molar-refractivity contribution in [2.75, 3.05) is 13.1 Å². The summed E-state index contributed by atoms with van der Waals surface area (Å²) < 4.78 is 0. The zero-order valence-corrected chi connectivity index (χ0v) is 12.9. The van der Waals surface area contributed by atoms with E-state index in [1.165, 1.54) is 38.8 Å². The molecule has 1 saturated carbocycles. The average Bonchev–Trinajstić information content (AvgIpc) is 3.09. The molecular weight excluding hydrogens is 270 g/mol. The van der Waals surface area contributed by atoms with Crippen LogP contribution in [-0.2, 0) is 11.3 Å². The van der Waals surface area contributed by atoms with Gasteiger partial charge in [0.1, 0.15) is 0 Å². The van der Waals surface area contributed by atoms with E-state index in [1.807, 2.05) is 6.92 Å². The maximum atomic E-state index is 9.93. The van der Waals surface area contributed by atoms with Crippen LogP contribution in [0.25, 0.3) is 0 Å². The number of rotatable bonds is 4. The highest BCUT2D eigenvalue weighted by atomic mass is 16.4. The monoisotopic (exact) mass is 295 g/mol. The summed E-state index contributed by atoms with van der Waals surface area (Å²) >= 11 is 0. The van der Waals surface area contributed by atoms with Gasteiger partial charge >= 0.3 is 5.97 Å². The van der Waals surface area contributed by atoms with Crippen molar-refractivity contribution in [2.24, 2.45) is 11.3 Å². The lowest BCUT2D eigenvalue weighted by molar-refractivity contribution is -0.141. The van der Waals surface area contributed by atoms with E-state index in [0.29, 0.717) is 5.41 Å². The SMILES string of the molecule is C1CCC2(C1)CN(Cc1nn[nH]n1)C2.CCC(C)C(=O)O. The summed E-state index contributed by atoms with van der Waals surface area (Å²) in [7, 11) is 0. The van der Waals surface area contributed by atoms with Crippen LogP contribution in [0, 0.1) is 11.3 Å². The Labute approximate surface area is 125 Å². The van der Waals surface area contributed by atoms with Crippen LogP contribution >= 0.6 is 0 Å². The third-order valence-electron chi connectivity index (χ3n) is 4.57. The third-order valence-corrected chi connectivity index (χ3v) is 4.57. The molecule has 1 aliphatic heterocycles. The van der Waals surface area contributed by atoms with E-state index in [4.69, 9.17) is 5.11 Å². The number of carboxylic acids is 1. The van der Waals surface area contributed by atoms with Crippen LogP contribution in [-0.4, -0.2) is 49.7 Å². The number of aromatic nitrogens is 4. The lowest BCUT2D eigenvalue weighted by atomic mass is 9.78. The van der Waals surface area contributed by atoms with Gasteiger partial charge in [0.2, 0.25) is 0 Å². The molecule has 0 aromatic carbocycles. The van der Waals surface area contributed by atoms with Gasteiger partial charge in [0.15, 0.2) is 5.82 Å². The highest BCUT2D eigenvalue weighted by molar-refractivity contribution is 5.69. The zero-order chi connectivity index (χ0) is 15.3. The van der Waals surface area contributed by atoms with Crippen LogP contribution in [0.4, 0.5) is 0 Å². The predicted molar refractivity (Wildman–Crippen MR) is 77.4 cm³/mol. The molecular formula is C14H25N5O2. The number of aromatic amines is 1. The maximum Gasteiger partial charge on any atom is 0.306 e. The Kier molecular flexibility index (Phi) is 5.27. The fourth-order valence-electron chi connectivity index (χ4n) is 3.08. The second-order valence-corrected chi connectivity index (χ2v) is 6.33. The van der Waals surface area contributed by atoms with Crippen molar-refractivity contribution in [3.05, 3.63) is 5.82 Å². The normalized spacial score (nSPS) is 21.4. The molecule has 1 aromatic heterocycles. The van der Waals surface area contributed by atoms with E-state index in [0.717, 1.165) is 18.8 Å². The van der Waals surface area contributed by atoms with Crippen molar-refractivity contribution in [2.45, 2.75) is 52.5 Å². The van der Waals surface area contributed by atoms with Gasteiger partial charge in [-0.3, -0.25) is 9.69 Å². The molecule has 0 radical (unpaired) electrons. The summed E-state index contributed by atoms with van der Waals surface area (Å²) in [6, 6.07) is 0. The number of nitrogens with one attached hydrogen (secondary N) is 1. The number of carboxylic acid groups (broad SMARTS) is 1. The van der Waals surface area contributed by atoms with E-state index < -0.39 is 5.97 Å². The zero-order valence-electron chi connectivity index (χ0n) is 12.9. The van der Waals surface area contributed by atoms with Gasteiger partial charge in [0, 0.05) is 13.1 Å². The standard InChI is InChI=1S/C9H15N5.C5H10O2/c1-2-4-9(3-1)6-14(7-9)5-8-10-12-13-11-8;1-3-4(2)5(6)7/h1-7H2,(H,10,11,12,13);4H,3H2,1-2H3,(H,6,7). The minimum absolute atomic E-state index is 0.181. The molecule has 7 heteroatoms. The topological polar surface area (TPSA) is 95.0 Å². The van der Waals surface area contributed by atoms with Crippen molar-refractivity contribution >= 4 is 5.97 Å². The van der Waals surface area contributed by atoms with Crippen molar-refractivity contribution in [1.82, 2.24) is 25.5 Å². The average molecular weight is 295 g/mol. The van der Waals surface area contributed by atoms with Gasteiger partial charge in [-0.25, -0.2) is 0 Å². The quantitative estimate of drug-likeness (QED) is 0.877. The molecule has 1 spiro atoms. The van der Waals surface area contributed by atoms with E-state index in [2.05, 4.69) is 25.5 Å². The number of carbonyl (C=O) groups is 1. The maximum absolute atomic E-state index is 9.93. The van der Waals surface area contributed by atoms with Crippen molar-refractivity contribution in [1.29, 1.82) is 0 Å². The number of H-pyrrole nitrogens is 1. The van der Waals surface area contributed by atoms with Gasteiger partial charge in [-0.05, 0) is 24.7 Å². The van der Waals surface area contributed by atoms with Crippen LogP contribution < -0.4 is 0 Å². The third kappa shape index (κ3) is 4.23. The first kappa shape index (κ1) is 15.9. The van der Waals surface area contributed by atoms with Crippen LogP contribution in [0.5, 0.6) is 0 Å². The minimum atomic E-state index is -0.706. The Hall–Kier alpha value is -1.50. The molecule has 2 aliphatic rings. The molecule has 1 aromatic rings. The first-order chi connectivity index (χ1) is 10.0. The molecule has 0 amide bonds. The Morgan fingerprint density at radius 3 is 2.52 bits per heavy atom. The molecule has 3 rings (SSSR count). The smallest absolute Gasteiger partial charge is 0.306 e. The summed E-state index contributed by atoms with van der Waals surface area (Å²) in [4.78, 5) is 12.3. The lowest BCUT2D eigenvalue weighted by Crippen LogP contribution is -2.54. The predicted octanol–water partition coefficient (Wildman–Crippen LogP) is 1.69. The van der Waals surface area contributed by atoms with Crippen LogP contribution in [0.1, 0.15) is 51.8 Å². The fraction of sp³-hybridized carbons (Fsp3) is 0.857. The Bertz CT molecular complexity index is 434. The molecule has 2 N–H and O–H groups in total. The molecule has 2 heterocycles. The highest BCUT2D eigenvalue weighted by Gasteiger charge is 2.44. The molecule has 21 heavy (non-hydrogen) atoms. The van der Waals surface area contributed by atoms with Gasteiger partial charge in [-0.1, -0.05) is 31.9 Å². The first-order valence-corrected chi connectivity index (χ1v) is 7.72. The Morgan fingerprint density at radius 2 is 2.10 bits per heavy atom. The molecule has 1 saturated heterocycles. The molecule has 118 valence electrons. The Morgan fingerprint density at radius 1 is 1.43 bits per heavy atom. The Balaban J connectivity index is 0.000000199. The number of aliphatic carboxylic acids is 1. The largest absolute Gasteiger partial charge is 0.481 e. The van der Waals surface area contributed by atoms with Crippen molar-refractivity contribution < 1.29 is 9.90 Å². The van der Waals surface area contributed by atoms with E-state index in [-0.39, 0.29) is 5.92 Å². The lowest BCUT2D eigenvalue weighted by Gasteiger charge is -2.47. The summed E-state index contributed by atoms with van der Waals surface area (Å²) in [6.45, 7) is 6.89. The van der Waals surface area contributed by atoms with E-state index in [1.54, 1.807) is 6.92 Å². The van der Waals surface area contributed by atoms with Gasteiger partial charge < -0.3 is 5.11 Å². The molecule has 1 atom stereocenters. The fourth-order valence-corrected chi connectivity index (χ4v) is 3.08. The second kappa shape index (κ2) is 6.98. The molecule has 0 bridgehead atoms. The number of hydrogen-bond acceptors (Lipinski definition) is 5. The van der Waals surface area contributed by atoms with Gasteiger partial charge in [0.25, 0.3) is 0 Å². The van der Waals surface area contributed by atoms with Gasteiger partial charge in [-0.15, -0.1) is 10.2 Å². The van der Waals surface area contributed by atoms with Gasteiger partial charge in [0.05, 0.1) is 12.5 Å². The number of hydrogen-bond donors (Lipinski definition) is 2. The number of nitrogens with zero attached hydrogens (tertiary/aromatic N) is 4. The molecule has 1 aliphatic carbocycles. The number of tetrazole rings is 1. The van der Waals surface area contributed by atoms with E-state index >= 15 is 0 Å². The summed E-state index contributed by atoms with van der Waals surface area (Å²) in [5, 5.41) is 22.2. The van der Waals surface area contributed by atoms with Crippen LogP contribution in [0.15, 0.2) is 0 Å². The highest BCUT2D eigenvalue weighted by Crippen LogP contribution is 2.45. The molecule has 7 nitrogen and oxygen atoms in total.